The van der Waals surface area contributed by atoms with Crippen LogP contribution in [0.25, 0.3) is 11.1 Å². The van der Waals surface area contributed by atoms with Gasteiger partial charge in [-0.25, -0.2) is 0 Å². The van der Waals surface area contributed by atoms with Crippen molar-refractivity contribution in [2.45, 2.75) is 89.1 Å². The Bertz CT molecular complexity index is 1270. The first-order valence-corrected chi connectivity index (χ1v) is 17.4. The van der Waals surface area contributed by atoms with Gasteiger partial charge in [0.2, 0.25) is 0 Å². The van der Waals surface area contributed by atoms with Gasteiger partial charge in [-0.05, 0) is 123 Å². The molecule has 3 N–H and O–H groups in total. The van der Waals surface area contributed by atoms with Gasteiger partial charge in [0.1, 0.15) is 11.5 Å². The minimum atomic E-state index is -5.58. The van der Waals surface area contributed by atoms with Crippen molar-refractivity contribution in [3.63, 3.8) is 0 Å². The monoisotopic (exact) mass is 659 g/mol. The minimum absolute atomic E-state index is 0.0474. The number of hydrogen-bond donors (Lipinski definition) is 3. The van der Waals surface area contributed by atoms with Crippen LogP contribution in [0.15, 0.2) is 42.5 Å². The van der Waals surface area contributed by atoms with Gasteiger partial charge in [-0.15, -0.1) is 0 Å². The normalized spacial score (nSPS) is 14.9. The van der Waals surface area contributed by atoms with E-state index in [-0.39, 0.29) is 29.6 Å². The van der Waals surface area contributed by atoms with Crippen molar-refractivity contribution in [2.75, 3.05) is 37.7 Å². The molecule has 0 aliphatic heterocycles. The van der Waals surface area contributed by atoms with E-state index in [1.54, 1.807) is 12.1 Å². The van der Waals surface area contributed by atoms with Crippen LogP contribution in [-0.2, 0) is 17.2 Å². The number of allylic oxidation sites excluding steroid dienone is 2. The molecule has 0 spiro atoms. The molecule has 0 radical (unpaired) electrons. The second-order valence-corrected chi connectivity index (χ2v) is 13.5. The van der Waals surface area contributed by atoms with Crippen molar-refractivity contribution in [3.8, 4) is 11.5 Å². The number of aliphatic hydroxyl groups excluding tert-OH is 1. The third kappa shape index (κ3) is 12.0. The maximum Gasteiger partial charge on any atom is 0.453 e. The Morgan fingerprint density at radius 2 is 1.47 bits per heavy atom. The van der Waals surface area contributed by atoms with Gasteiger partial charge in [0.15, 0.2) is 0 Å². The molecule has 0 aromatic heterocycles. The SMILES string of the molecule is O=S(CCCN(CCCO)CCCCCCC1=C(c2cccc(O)c2)CCCc2cc(O)ccc21)CCCC(F)(F)C(F)(F)F. The smallest absolute Gasteiger partial charge is 0.453 e. The zero-order valence-electron chi connectivity index (χ0n) is 25.8. The van der Waals surface area contributed by atoms with Crippen LogP contribution in [0.3, 0.4) is 0 Å². The molecular formula is C34H46F5NO4S. The maximum absolute atomic E-state index is 13.1. The van der Waals surface area contributed by atoms with Gasteiger partial charge in [-0.2, -0.15) is 22.0 Å². The quantitative estimate of drug-likeness (QED) is 0.105. The van der Waals surface area contributed by atoms with E-state index >= 15 is 0 Å². The summed E-state index contributed by atoms with van der Waals surface area (Å²) in [6.07, 6.45) is 1.24. The predicted molar refractivity (Wildman–Crippen MR) is 170 cm³/mol. The van der Waals surface area contributed by atoms with Crippen LogP contribution in [0.5, 0.6) is 11.5 Å². The number of aliphatic hydroxyl groups is 1. The summed E-state index contributed by atoms with van der Waals surface area (Å²) in [6.45, 7) is 2.13. The summed E-state index contributed by atoms with van der Waals surface area (Å²) in [6, 6.07) is 12.9. The number of rotatable bonds is 19. The number of fused-ring (bicyclic) bond motifs is 1. The molecule has 0 amide bonds. The van der Waals surface area contributed by atoms with E-state index in [0.29, 0.717) is 25.9 Å². The van der Waals surface area contributed by atoms with Crippen LogP contribution >= 0.6 is 0 Å². The largest absolute Gasteiger partial charge is 0.508 e. The second kappa shape index (κ2) is 18.0. The number of nitrogens with zero attached hydrogens (tertiary/aromatic N) is 1. The summed E-state index contributed by atoms with van der Waals surface area (Å²) >= 11 is 0. The third-order valence-electron chi connectivity index (χ3n) is 8.25. The molecule has 0 saturated carbocycles. The Labute approximate surface area is 265 Å². The number of phenols is 2. The van der Waals surface area contributed by atoms with Crippen LogP contribution in [0, 0.1) is 0 Å². The molecule has 45 heavy (non-hydrogen) atoms. The van der Waals surface area contributed by atoms with Crippen LogP contribution in [0.4, 0.5) is 22.0 Å². The molecule has 5 nitrogen and oxygen atoms in total. The van der Waals surface area contributed by atoms with Crippen LogP contribution in [0.1, 0.15) is 87.3 Å². The summed E-state index contributed by atoms with van der Waals surface area (Å²) in [4.78, 5) is 2.18. The van der Waals surface area contributed by atoms with E-state index in [9.17, 15) is 41.5 Å². The standard InChI is InChI=1S/C34H46F5NO4S/c35-33(36,34(37,38)39)17-7-22-45(44)23-9-20-40(19-8-21-41)18-4-2-1-3-13-32-30(26-10-5-12-28(42)24-26)14-6-11-27-25-29(43)15-16-31(27)32/h5,10,12,15-16,24-25,41-43H,1-4,6-9,11,13-14,17-23H2. The Morgan fingerprint density at radius 1 is 0.778 bits per heavy atom. The van der Waals surface area contributed by atoms with Crippen LogP contribution < -0.4 is 0 Å². The Kier molecular flexibility index (Phi) is 14.8. The first kappa shape index (κ1) is 37.0. The van der Waals surface area contributed by atoms with Gasteiger partial charge in [-0.3, -0.25) is 4.21 Å². The van der Waals surface area contributed by atoms with Crippen LogP contribution in [0.2, 0.25) is 0 Å². The van der Waals surface area contributed by atoms with E-state index < -0.39 is 35.7 Å². The van der Waals surface area contributed by atoms with Gasteiger partial charge in [0.25, 0.3) is 0 Å². The minimum Gasteiger partial charge on any atom is -0.508 e. The van der Waals surface area contributed by atoms with Crippen molar-refractivity contribution in [2.24, 2.45) is 0 Å². The fraction of sp³-hybridized carbons (Fsp3) is 0.588. The Balaban J connectivity index is 1.47. The molecule has 0 heterocycles. The maximum atomic E-state index is 13.1. The zero-order chi connectivity index (χ0) is 32.9. The third-order valence-corrected chi connectivity index (χ3v) is 9.74. The average molecular weight is 660 g/mol. The van der Waals surface area contributed by atoms with Gasteiger partial charge in [0, 0.05) is 41.9 Å². The summed E-state index contributed by atoms with van der Waals surface area (Å²) in [5, 5.41) is 29.5. The molecule has 2 aromatic rings. The lowest BCUT2D eigenvalue weighted by molar-refractivity contribution is -0.284. The molecule has 2 aromatic carbocycles. The van der Waals surface area contributed by atoms with Gasteiger partial charge < -0.3 is 20.2 Å². The molecule has 0 saturated heterocycles. The van der Waals surface area contributed by atoms with Crippen molar-refractivity contribution in [3.05, 3.63) is 59.2 Å². The topological polar surface area (TPSA) is 81.0 Å². The highest BCUT2D eigenvalue weighted by Gasteiger charge is 2.56. The fourth-order valence-corrected chi connectivity index (χ4v) is 7.04. The summed E-state index contributed by atoms with van der Waals surface area (Å²) in [7, 11) is -1.46. The number of benzene rings is 2. The fourth-order valence-electron chi connectivity index (χ4n) is 5.92. The first-order chi connectivity index (χ1) is 21.4. The molecule has 1 unspecified atom stereocenters. The first-order valence-electron chi connectivity index (χ1n) is 15.9. The molecule has 252 valence electrons. The van der Waals surface area contributed by atoms with E-state index in [2.05, 4.69) is 4.90 Å². The molecule has 1 atom stereocenters. The Morgan fingerprint density at radius 3 is 2.20 bits per heavy atom. The second-order valence-electron chi connectivity index (χ2n) is 11.8. The number of aryl methyl sites for hydroxylation is 1. The molecule has 11 heteroatoms. The highest BCUT2D eigenvalue weighted by molar-refractivity contribution is 7.84. The lowest BCUT2D eigenvalue weighted by atomic mass is 9.89. The molecule has 3 rings (SSSR count). The summed E-state index contributed by atoms with van der Waals surface area (Å²) in [5.74, 6) is -4.21. The van der Waals surface area contributed by atoms with Crippen molar-refractivity contribution in [1.29, 1.82) is 0 Å². The highest BCUT2D eigenvalue weighted by Crippen LogP contribution is 2.41. The van der Waals surface area contributed by atoms with Gasteiger partial charge >= 0.3 is 12.1 Å². The van der Waals surface area contributed by atoms with Crippen molar-refractivity contribution in [1.82, 2.24) is 4.90 Å². The molecular weight excluding hydrogens is 613 g/mol. The molecule has 0 fully saturated rings. The molecule has 1 aliphatic carbocycles. The number of unbranched alkanes of at least 4 members (excludes halogenated alkanes) is 3. The van der Waals surface area contributed by atoms with Crippen LogP contribution in [-0.4, -0.2) is 74.3 Å². The van der Waals surface area contributed by atoms with Gasteiger partial charge in [0.05, 0.1) is 0 Å². The number of alkyl halides is 5. The number of phenolic OH excluding ortho intramolecular Hbond substituents is 2. The summed E-state index contributed by atoms with van der Waals surface area (Å²) in [5.41, 5.74) is 5.81. The lowest BCUT2D eigenvalue weighted by Gasteiger charge is -2.22. The van der Waals surface area contributed by atoms with E-state index in [1.165, 1.54) is 11.1 Å². The van der Waals surface area contributed by atoms with Crippen molar-refractivity contribution < 1.29 is 41.5 Å². The number of halogens is 5. The van der Waals surface area contributed by atoms with Crippen molar-refractivity contribution >= 4 is 21.9 Å². The molecule has 0 bridgehead atoms. The predicted octanol–water partition coefficient (Wildman–Crippen LogP) is 8.10. The van der Waals surface area contributed by atoms with E-state index in [1.807, 2.05) is 30.3 Å². The van der Waals surface area contributed by atoms with Gasteiger partial charge in [-0.1, -0.05) is 31.0 Å². The van der Waals surface area contributed by atoms with E-state index in [4.69, 9.17) is 0 Å². The number of aromatic hydroxyl groups is 2. The molecule has 1 aliphatic rings. The zero-order valence-corrected chi connectivity index (χ0v) is 26.6. The Hall–Kier alpha value is -2.50. The van der Waals surface area contributed by atoms with E-state index in [0.717, 1.165) is 74.6 Å². The number of hydrogen-bond acceptors (Lipinski definition) is 5. The lowest BCUT2D eigenvalue weighted by Crippen LogP contribution is -2.36. The highest BCUT2D eigenvalue weighted by atomic mass is 32.2. The average Bonchev–Trinajstić information content (AvgIpc) is 3.15. The summed E-state index contributed by atoms with van der Waals surface area (Å²) < 4.78 is 75.3.